The van der Waals surface area contributed by atoms with Gasteiger partial charge in [0.25, 0.3) is 11.6 Å². The van der Waals surface area contributed by atoms with E-state index in [1.54, 1.807) is 11.1 Å². The number of nitrogens with one attached hydrogen (secondary N) is 1. The molecule has 164 valence electrons. The van der Waals surface area contributed by atoms with Crippen molar-refractivity contribution in [1.29, 1.82) is 0 Å². The number of non-ortho nitro benzene ring substituents is 1. The van der Waals surface area contributed by atoms with Crippen LogP contribution in [0.2, 0.25) is 0 Å². The molecular formula is C22H25N3O5S. The van der Waals surface area contributed by atoms with Crippen LogP contribution in [0, 0.1) is 16.0 Å². The first kappa shape index (κ1) is 22.5. The van der Waals surface area contributed by atoms with E-state index in [9.17, 15) is 23.3 Å². The van der Waals surface area contributed by atoms with Crippen LogP contribution >= 0.6 is 0 Å². The summed E-state index contributed by atoms with van der Waals surface area (Å²) in [6, 6.07) is 10.5. The monoisotopic (exact) mass is 443 g/mol. The van der Waals surface area contributed by atoms with Crippen molar-refractivity contribution in [3.05, 3.63) is 64.3 Å². The number of fused-ring (bicyclic) bond motifs is 1. The molecule has 31 heavy (non-hydrogen) atoms. The number of anilines is 1. The van der Waals surface area contributed by atoms with E-state index in [0.29, 0.717) is 18.0 Å². The maximum Gasteiger partial charge on any atom is 0.271 e. The van der Waals surface area contributed by atoms with Gasteiger partial charge in [0, 0.05) is 52.8 Å². The first-order valence-electron chi connectivity index (χ1n) is 9.87. The van der Waals surface area contributed by atoms with Gasteiger partial charge in [-0.3, -0.25) is 14.9 Å². The summed E-state index contributed by atoms with van der Waals surface area (Å²) in [7, 11) is -3.75. The van der Waals surface area contributed by atoms with Crippen LogP contribution in [0.25, 0.3) is 10.9 Å². The van der Waals surface area contributed by atoms with E-state index in [1.165, 1.54) is 6.07 Å². The number of nitro groups is 1. The van der Waals surface area contributed by atoms with Gasteiger partial charge < -0.3 is 9.88 Å². The Hall–Kier alpha value is -3.20. The lowest BCUT2D eigenvalue weighted by molar-refractivity contribution is -0.385. The van der Waals surface area contributed by atoms with Crippen molar-refractivity contribution in [1.82, 2.24) is 4.98 Å². The van der Waals surface area contributed by atoms with E-state index >= 15 is 0 Å². The zero-order chi connectivity index (χ0) is 22.9. The number of hydrogen-bond acceptors (Lipinski definition) is 5. The number of amides is 1. The van der Waals surface area contributed by atoms with Crippen molar-refractivity contribution in [2.45, 2.75) is 38.1 Å². The fourth-order valence-electron chi connectivity index (χ4n) is 3.72. The molecule has 1 N–H and O–H groups in total. The highest BCUT2D eigenvalue weighted by Gasteiger charge is 2.27. The number of aromatic amines is 1. The largest absolute Gasteiger partial charge is 0.361 e. The quantitative estimate of drug-likeness (QED) is 0.425. The van der Waals surface area contributed by atoms with E-state index in [4.69, 9.17) is 0 Å². The standard InChI is InChI=1S/C22H25N3O5S/c1-14(2)9-15(3)24(18-5-6-21-16(10-18)7-8-23-21)22(26)17-11-19(25(27)28)13-20(12-17)31(4,29)30/h5-8,10-15,23H,9H2,1-4H3. The first-order chi connectivity index (χ1) is 14.5. The second-order valence-electron chi connectivity index (χ2n) is 8.15. The van der Waals surface area contributed by atoms with E-state index in [1.807, 2.05) is 45.0 Å². The molecule has 1 aromatic heterocycles. The predicted octanol–water partition coefficient (Wildman–Crippen LogP) is 4.56. The highest BCUT2D eigenvalue weighted by atomic mass is 32.2. The number of nitro benzene ring substituents is 1. The fourth-order valence-corrected chi connectivity index (χ4v) is 4.39. The van der Waals surface area contributed by atoms with Crippen molar-refractivity contribution < 1.29 is 18.1 Å². The first-order valence-corrected chi connectivity index (χ1v) is 11.8. The number of carbonyl (C=O) groups excluding carboxylic acids is 1. The number of hydrogen-bond donors (Lipinski definition) is 1. The Balaban J connectivity index is 2.15. The fraction of sp³-hybridized carbons (Fsp3) is 0.318. The zero-order valence-corrected chi connectivity index (χ0v) is 18.6. The molecule has 9 heteroatoms. The van der Waals surface area contributed by atoms with Gasteiger partial charge in [0.2, 0.25) is 0 Å². The van der Waals surface area contributed by atoms with E-state index in [0.717, 1.165) is 29.3 Å². The van der Waals surface area contributed by atoms with Gasteiger partial charge in [-0.15, -0.1) is 0 Å². The molecule has 1 unspecified atom stereocenters. The molecule has 0 aliphatic rings. The van der Waals surface area contributed by atoms with Crippen LogP contribution < -0.4 is 4.90 Å². The molecule has 0 bridgehead atoms. The lowest BCUT2D eigenvalue weighted by Crippen LogP contribution is -2.39. The molecule has 3 rings (SSSR count). The Labute approximate surface area is 180 Å². The van der Waals surface area contributed by atoms with Crippen molar-refractivity contribution >= 4 is 38.0 Å². The molecule has 1 amide bonds. The average molecular weight is 444 g/mol. The summed E-state index contributed by atoms with van der Waals surface area (Å²) in [5.74, 6) is -0.186. The lowest BCUT2D eigenvalue weighted by atomic mass is 10.0. The summed E-state index contributed by atoms with van der Waals surface area (Å²) in [4.78, 5) is 28.7. The van der Waals surface area contributed by atoms with Gasteiger partial charge in [0.15, 0.2) is 9.84 Å². The van der Waals surface area contributed by atoms with Crippen LogP contribution in [-0.2, 0) is 9.84 Å². The van der Waals surface area contributed by atoms with Crippen LogP contribution in [0.15, 0.2) is 53.6 Å². The molecule has 0 aliphatic heterocycles. The number of nitrogens with zero attached hydrogens (tertiary/aromatic N) is 2. The number of aromatic nitrogens is 1. The number of rotatable bonds is 7. The summed E-state index contributed by atoms with van der Waals surface area (Å²) in [6.45, 7) is 6.00. The van der Waals surface area contributed by atoms with Crippen LogP contribution in [0.4, 0.5) is 11.4 Å². The number of carbonyl (C=O) groups is 1. The van der Waals surface area contributed by atoms with Crippen LogP contribution in [0.1, 0.15) is 37.6 Å². The second kappa shape index (κ2) is 8.50. The van der Waals surface area contributed by atoms with Crippen molar-refractivity contribution in [3.63, 3.8) is 0 Å². The highest BCUT2D eigenvalue weighted by molar-refractivity contribution is 7.90. The molecule has 0 saturated heterocycles. The lowest BCUT2D eigenvalue weighted by Gasteiger charge is -2.31. The van der Waals surface area contributed by atoms with Gasteiger partial charge >= 0.3 is 0 Å². The number of sulfone groups is 1. The maximum atomic E-state index is 13.6. The maximum absolute atomic E-state index is 13.6. The molecule has 3 aromatic rings. The van der Waals surface area contributed by atoms with Crippen molar-refractivity contribution in [2.24, 2.45) is 5.92 Å². The molecule has 0 aliphatic carbocycles. The van der Waals surface area contributed by atoms with Gasteiger partial charge in [-0.2, -0.15) is 0 Å². The molecule has 2 aromatic carbocycles. The number of benzene rings is 2. The molecule has 0 spiro atoms. The SMILES string of the molecule is CC(C)CC(C)N(C(=O)c1cc([N+](=O)[O-])cc(S(C)(=O)=O)c1)c1ccc2[nH]ccc2c1. The van der Waals surface area contributed by atoms with E-state index < -0.39 is 26.4 Å². The summed E-state index contributed by atoms with van der Waals surface area (Å²) < 4.78 is 24.1. The van der Waals surface area contributed by atoms with Gasteiger partial charge in [0.05, 0.1) is 9.82 Å². The van der Waals surface area contributed by atoms with E-state index in [-0.39, 0.29) is 16.5 Å². The third-order valence-corrected chi connectivity index (χ3v) is 6.16. The molecule has 1 heterocycles. The third kappa shape index (κ3) is 4.93. The van der Waals surface area contributed by atoms with Gasteiger partial charge in [0.1, 0.15) is 0 Å². The summed E-state index contributed by atoms with van der Waals surface area (Å²) in [5, 5.41) is 12.3. The average Bonchev–Trinajstić information content (AvgIpc) is 3.14. The molecule has 8 nitrogen and oxygen atoms in total. The third-order valence-electron chi connectivity index (χ3n) is 5.06. The minimum Gasteiger partial charge on any atom is -0.361 e. The number of H-pyrrole nitrogens is 1. The molecule has 0 saturated carbocycles. The normalized spacial score (nSPS) is 12.8. The minimum atomic E-state index is -3.75. The topological polar surface area (TPSA) is 113 Å². The van der Waals surface area contributed by atoms with Crippen molar-refractivity contribution in [2.75, 3.05) is 11.2 Å². The van der Waals surface area contributed by atoms with Gasteiger partial charge in [-0.25, -0.2) is 8.42 Å². The Morgan fingerprint density at radius 3 is 2.45 bits per heavy atom. The molecule has 0 radical (unpaired) electrons. The summed E-state index contributed by atoms with van der Waals surface area (Å²) in [6.07, 6.45) is 3.46. The van der Waals surface area contributed by atoms with Crippen molar-refractivity contribution in [3.8, 4) is 0 Å². The Morgan fingerprint density at radius 2 is 1.84 bits per heavy atom. The molecular weight excluding hydrogens is 418 g/mol. The van der Waals surface area contributed by atoms with Crippen LogP contribution in [0.3, 0.4) is 0 Å². The van der Waals surface area contributed by atoms with E-state index in [2.05, 4.69) is 4.98 Å². The highest BCUT2D eigenvalue weighted by Crippen LogP contribution is 2.29. The Morgan fingerprint density at radius 1 is 1.13 bits per heavy atom. The zero-order valence-electron chi connectivity index (χ0n) is 17.8. The Kier molecular flexibility index (Phi) is 6.17. The molecule has 0 fully saturated rings. The Bertz CT molecular complexity index is 1250. The van der Waals surface area contributed by atoms with Crippen LogP contribution in [0.5, 0.6) is 0 Å². The second-order valence-corrected chi connectivity index (χ2v) is 10.2. The summed E-state index contributed by atoms with van der Waals surface area (Å²) in [5.41, 5.74) is 1.07. The molecule has 1 atom stereocenters. The van der Waals surface area contributed by atoms with Gasteiger partial charge in [-0.05, 0) is 49.6 Å². The predicted molar refractivity (Wildman–Crippen MR) is 120 cm³/mol. The smallest absolute Gasteiger partial charge is 0.271 e. The minimum absolute atomic E-state index is 0.0422. The van der Waals surface area contributed by atoms with Gasteiger partial charge in [-0.1, -0.05) is 13.8 Å². The summed E-state index contributed by atoms with van der Waals surface area (Å²) >= 11 is 0. The van der Waals surface area contributed by atoms with Crippen LogP contribution in [-0.4, -0.2) is 36.5 Å².